The minimum atomic E-state index is -4.33. The van der Waals surface area contributed by atoms with E-state index in [1.165, 1.54) is 6.07 Å². The van der Waals surface area contributed by atoms with Crippen LogP contribution >= 0.6 is 11.3 Å². The highest BCUT2D eigenvalue weighted by atomic mass is 32.2. The molecule has 2 aromatic heterocycles. The summed E-state index contributed by atoms with van der Waals surface area (Å²) < 4.78 is 33.6. The summed E-state index contributed by atoms with van der Waals surface area (Å²) in [4.78, 5) is 40.0. The maximum Gasteiger partial charge on any atom is 0.287 e. The van der Waals surface area contributed by atoms with Crippen molar-refractivity contribution in [2.45, 2.75) is 49.4 Å². The number of benzene rings is 1. The normalized spacial score (nSPS) is 17.6. The van der Waals surface area contributed by atoms with Crippen molar-refractivity contribution in [3.8, 4) is 0 Å². The molecule has 192 valence electrons. The summed E-state index contributed by atoms with van der Waals surface area (Å²) in [5.74, 6) is -1.88. The van der Waals surface area contributed by atoms with Crippen LogP contribution in [0.25, 0.3) is 11.0 Å². The Labute approximate surface area is 213 Å². The molecular weight excluding hydrogens is 502 g/mol. The quantitative estimate of drug-likeness (QED) is 0.457. The van der Waals surface area contributed by atoms with Gasteiger partial charge in [0.25, 0.3) is 21.8 Å². The number of para-hydroxylation sites is 1. The van der Waals surface area contributed by atoms with E-state index in [0.717, 1.165) is 16.7 Å². The van der Waals surface area contributed by atoms with Gasteiger partial charge in [-0.3, -0.25) is 14.4 Å². The van der Waals surface area contributed by atoms with Crippen LogP contribution in [0.5, 0.6) is 0 Å². The number of fused-ring (bicyclic) bond motifs is 1. The molecule has 2 atom stereocenters. The number of furan rings is 1. The van der Waals surface area contributed by atoms with Gasteiger partial charge in [0.1, 0.15) is 21.9 Å². The summed E-state index contributed by atoms with van der Waals surface area (Å²) in [6, 6.07) is 9.35. The van der Waals surface area contributed by atoms with Crippen molar-refractivity contribution in [3.63, 3.8) is 0 Å². The van der Waals surface area contributed by atoms with E-state index in [2.05, 4.69) is 10.6 Å². The molecule has 1 aliphatic heterocycles. The average Bonchev–Trinajstić information content (AvgIpc) is 3.48. The second-order valence-electron chi connectivity index (χ2n) is 9.18. The largest absolute Gasteiger partial charge is 0.451 e. The fraction of sp³-hybridized carbons (Fsp3) is 0.400. The number of carbonyl (C=O) groups is 3. The average molecular weight is 532 g/mol. The standard InChI is InChI=1S/C25H29N3O6S2/c1-16(2)13-18(27-24(30)22-14-17-7-3-4-9-21(17)34-22)25(31)28(19-8-5-11-26-15-20(19)29)36(32,33)23-10-6-12-35-23/h3-4,6-7,9-10,12,14,16,18-19,26H,5,8,11,13,15H2,1-2H3,(H,27,30)/t18?,19-/m0/s1. The van der Waals surface area contributed by atoms with Crippen molar-refractivity contribution in [3.05, 3.63) is 53.6 Å². The Hall–Kier alpha value is -3.02. The zero-order valence-corrected chi connectivity index (χ0v) is 21.7. The van der Waals surface area contributed by atoms with Crippen LogP contribution in [0.1, 0.15) is 43.7 Å². The molecular formula is C25H29N3O6S2. The van der Waals surface area contributed by atoms with E-state index in [-0.39, 0.29) is 41.1 Å². The molecule has 0 radical (unpaired) electrons. The van der Waals surface area contributed by atoms with Gasteiger partial charge in [-0.2, -0.15) is 0 Å². The number of amides is 2. The maximum absolute atomic E-state index is 14.0. The number of thiophene rings is 1. The molecule has 1 fully saturated rings. The first kappa shape index (κ1) is 26.1. The van der Waals surface area contributed by atoms with Crippen LogP contribution in [0.4, 0.5) is 0 Å². The van der Waals surface area contributed by atoms with Crippen LogP contribution in [0.2, 0.25) is 0 Å². The zero-order valence-electron chi connectivity index (χ0n) is 20.1. The number of hydrogen-bond acceptors (Lipinski definition) is 8. The van der Waals surface area contributed by atoms with Crippen LogP contribution in [0.15, 0.2) is 56.5 Å². The second kappa shape index (κ2) is 10.9. The predicted molar refractivity (Wildman–Crippen MR) is 136 cm³/mol. The Kier molecular flexibility index (Phi) is 7.91. The number of hydrogen-bond donors (Lipinski definition) is 2. The Bertz CT molecular complexity index is 1310. The molecule has 11 heteroatoms. The van der Waals surface area contributed by atoms with Crippen LogP contribution in [-0.2, 0) is 19.6 Å². The number of ketones is 1. The number of rotatable bonds is 8. The highest BCUT2D eigenvalue weighted by Crippen LogP contribution is 2.27. The van der Waals surface area contributed by atoms with Crippen LogP contribution < -0.4 is 10.6 Å². The van der Waals surface area contributed by atoms with Gasteiger partial charge in [0.05, 0.1) is 6.54 Å². The van der Waals surface area contributed by atoms with E-state index >= 15 is 0 Å². The molecule has 1 aromatic carbocycles. The van der Waals surface area contributed by atoms with E-state index < -0.39 is 33.9 Å². The van der Waals surface area contributed by atoms with Gasteiger partial charge in [0.2, 0.25) is 0 Å². The van der Waals surface area contributed by atoms with Crippen molar-refractivity contribution in [2.24, 2.45) is 5.92 Å². The minimum absolute atomic E-state index is 0.0140. The van der Waals surface area contributed by atoms with Crippen molar-refractivity contribution in [2.75, 3.05) is 13.1 Å². The van der Waals surface area contributed by atoms with Gasteiger partial charge in [-0.1, -0.05) is 38.1 Å². The van der Waals surface area contributed by atoms with Gasteiger partial charge in [0, 0.05) is 5.39 Å². The molecule has 36 heavy (non-hydrogen) atoms. The van der Waals surface area contributed by atoms with E-state index in [9.17, 15) is 22.8 Å². The molecule has 2 N–H and O–H groups in total. The molecule has 2 amide bonds. The molecule has 1 saturated heterocycles. The summed E-state index contributed by atoms with van der Waals surface area (Å²) in [6.07, 6.45) is 0.912. The maximum atomic E-state index is 14.0. The van der Waals surface area contributed by atoms with Crippen molar-refractivity contribution < 1.29 is 27.2 Å². The van der Waals surface area contributed by atoms with E-state index in [0.29, 0.717) is 22.9 Å². The third-order valence-corrected chi connectivity index (χ3v) is 9.15. The summed E-state index contributed by atoms with van der Waals surface area (Å²) in [7, 11) is -4.33. The molecule has 1 aliphatic rings. The molecule has 0 aliphatic carbocycles. The number of sulfonamides is 1. The van der Waals surface area contributed by atoms with Crippen molar-refractivity contribution >= 4 is 49.9 Å². The van der Waals surface area contributed by atoms with Crippen molar-refractivity contribution in [1.82, 2.24) is 14.9 Å². The number of nitrogens with zero attached hydrogens (tertiary/aromatic N) is 1. The Balaban J connectivity index is 1.70. The van der Waals surface area contributed by atoms with Crippen LogP contribution in [0, 0.1) is 5.92 Å². The summed E-state index contributed by atoms with van der Waals surface area (Å²) >= 11 is 0.974. The minimum Gasteiger partial charge on any atom is -0.451 e. The summed E-state index contributed by atoms with van der Waals surface area (Å²) in [5.41, 5.74) is 0.521. The fourth-order valence-corrected chi connectivity index (χ4v) is 6.98. The highest BCUT2D eigenvalue weighted by Gasteiger charge is 2.43. The monoisotopic (exact) mass is 531 g/mol. The lowest BCUT2D eigenvalue weighted by Gasteiger charge is -2.32. The van der Waals surface area contributed by atoms with Crippen LogP contribution in [-0.4, -0.2) is 55.5 Å². The van der Waals surface area contributed by atoms with Gasteiger partial charge in [-0.15, -0.1) is 11.3 Å². The summed E-state index contributed by atoms with van der Waals surface area (Å²) in [6.45, 7) is 4.25. The Morgan fingerprint density at radius 3 is 2.69 bits per heavy atom. The third-order valence-electron chi connectivity index (χ3n) is 5.97. The number of carbonyl (C=O) groups excluding carboxylic acids is 3. The molecule has 1 unspecified atom stereocenters. The zero-order chi connectivity index (χ0) is 25.9. The lowest BCUT2D eigenvalue weighted by atomic mass is 10.0. The molecule has 3 heterocycles. The molecule has 9 nitrogen and oxygen atoms in total. The first-order chi connectivity index (χ1) is 17.2. The highest BCUT2D eigenvalue weighted by molar-refractivity contribution is 7.91. The molecule has 0 bridgehead atoms. The van der Waals surface area contributed by atoms with Gasteiger partial charge >= 0.3 is 0 Å². The second-order valence-corrected chi connectivity index (χ2v) is 12.2. The van der Waals surface area contributed by atoms with Gasteiger partial charge < -0.3 is 15.1 Å². The first-order valence-corrected chi connectivity index (χ1v) is 14.1. The summed E-state index contributed by atoms with van der Waals surface area (Å²) in [5, 5.41) is 7.98. The van der Waals surface area contributed by atoms with Gasteiger partial charge in [0.15, 0.2) is 11.5 Å². The Morgan fingerprint density at radius 2 is 2.00 bits per heavy atom. The first-order valence-electron chi connectivity index (χ1n) is 11.8. The van der Waals surface area contributed by atoms with Gasteiger partial charge in [-0.05, 0) is 55.3 Å². The molecule has 0 spiro atoms. The van der Waals surface area contributed by atoms with Crippen LogP contribution in [0.3, 0.4) is 0 Å². The molecule has 4 rings (SSSR count). The lowest BCUT2D eigenvalue weighted by molar-refractivity contribution is -0.135. The lowest BCUT2D eigenvalue weighted by Crippen LogP contribution is -2.56. The fourth-order valence-electron chi connectivity index (χ4n) is 4.28. The van der Waals surface area contributed by atoms with Gasteiger partial charge in [-0.25, -0.2) is 12.7 Å². The topological polar surface area (TPSA) is 126 Å². The predicted octanol–water partition coefficient (Wildman–Crippen LogP) is 3.18. The Morgan fingerprint density at radius 1 is 1.22 bits per heavy atom. The molecule has 3 aromatic rings. The van der Waals surface area contributed by atoms with E-state index in [1.807, 2.05) is 19.9 Å². The van der Waals surface area contributed by atoms with E-state index in [1.54, 1.807) is 35.7 Å². The number of Topliss-reactive ketones (excluding diaryl/α,β-unsaturated/α-hetero) is 1. The van der Waals surface area contributed by atoms with Crippen molar-refractivity contribution in [1.29, 1.82) is 0 Å². The number of nitrogens with one attached hydrogen (secondary N) is 2. The van der Waals surface area contributed by atoms with E-state index in [4.69, 9.17) is 4.42 Å². The molecule has 0 saturated carbocycles. The smallest absolute Gasteiger partial charge is 0.287 e. The third kappa shape index (κ3) is 5.53. The SMILES string of the molecule is CC(C)CC(NC(=O)c1cc2ccccc2o1)C(=O)N([C@H]1CCCNCC1=O)S(=O)(=O)c1cccs1.